The Kier molecular flexibility index (Phi) is 7.64. The first-order chi connectivity index (χ1) is 20.4. The standard InChI is InChI=1S/C33H38N4O5/c1-3-34(4-2)24-13-15-25(16-14-24)36-19-9-17-33-28(31(40)37(20-21-38)29(33)32(36)41)27-26(42-33)12-8-18-35(30(27)39)22-23-10-6-5-7-11-23/h5-17,26-29,38H,3-4,18-22H2,1-2H3/t26-,27+,28+,29?,33+/m1/s1. The van der Waals surface area contributed by atoms with Crippen molar-refractivity contribution in [2.75, 3.05) is 49.1 Å². The maximum atomic E-state index is 14.4. The summed E-state index contributed by atoms with van der Waals surface area (Å²) in [6.45, 7) is 6.76. The first-order valence-electron chi connectivity index (χ1n) is 14.9. The molecule has 9 nitrogen and oxygen atoms in total. The van der Waals surface area contributed by atoms with Gasteiger partial charge < -0.3 is 29.4 Å². The largest absolute Gasteiger partial charge is 0.395 e. The van der Waals surface area contributed by atoms with E-state index in [4.69, 9.17) is 4.74 Å². The number of aliphatic hydroxyl groups is 1. The maximum Gasteiger partial charge on any atom is 0.253 e. The summed E-state index contributed by atoms with van der Waals surface area (Å²) in [6, 6.07) is 16.6. The van der Waals surface area contributed by atoms with Crippen molar-refractivity contribution in [3.05, 3.63) is 84.5 Å². The summed E-state index contributed by atoms with van der Waals surface area (Å²) >= 11 is 0. The number of amides is 3. The van der Waals surface area contributed by atoms with Crippen LogP contribution in [-0.2, 0) is 25.7 Å². The van der Waals surface area contributed by atoms with E-state index in [1.54, 1.807) is 9.80 Å². The third-order valence-corrected chi connectivity index (χ3v) is 9.09. The number of anilines is 2. The molecule has 2 saturated heterocycles. The number of nitrogens with zero attached hydrogens (tertiary/aromatic N) is 4. The number of carbonyl (C=O) groups is 3. The first-order valence-corrected chi connectivity index (χ1v) is 14.9. The zero-order chi connectivity index (χ0) is 29.4. The molecule has 1 spiro atoms. The number of likely N-dealkylation sites (tertiary alicyclic amines) is 1. The van der Waals surface area contributed by atoms with Crippen LogP contribution < -0.4 is 9.80 Å². The summed E-state index contributed by atoms with van der Waals surface area (Å²) in [7, 11) is 0. The van der Waals surface area contributed by atoms with Crippen molar-refractivity contribution in [3.63, 3.8) is 0 Å². The zero-order valence-corrected chi connectivity index (χ0v) is 24.1. The molecule has 0 aliphatic carbocycles. The third-order valence-electron chi connectivity index (χ3n) is 9.09. The number of hydrogen-bond acceptors (Lipinski definition) is 6. The molecule has 0 radical (unpaired) electrons. The quantitative estimate of drug-likeness (QED) is 0.491. The summed E-state index contributed by atoms with van der Waals surface area (Å²) in [5, 5.41) is 9.93. The number of rotatable bonds is 8. The van der Waals surface area contributed by atoms with Gasteiger partial charge in [-0.25, -0.2) is 0 Å². The number of β-amino-alcohol motifs (C(OH)–C–C–N with tert-alkyl or cyclic N) is 1. The molecular weight excluding hydrogens is 532 g/mol. The molecule has 2 aromatic rings. The van der Waals surface area contributed by atoms with Crippen LogP contribution in [0, 0.1) is 11.8 Å². The highest BCUT2D eigenvalue weighted by Crippen LogP contribution is 2.53. The highest BCUT2D eigenvalue weighted by molar-refractivity contribution is 6.05. The third kappa shape index (κ3) is 4.51. The second kappa shape index (κ2) is 11.4. The smallest absolute Gasteiger partial charge is 0.253 e. The molecule has 2 fully saturated rings. The van der Waals surface area contributed by atoms with Crippen molar-refractivity contribution in [3.8, 4) is 0 Å². The van der Waals surface area contributed by atoms with E-state index >= 15 is 0 Å². The van der Waals surface area contributed by atoms with Crippen molar-refractivity contribution in [1.82, 2.24) is 9.80 Å². The van der Waals surface area contributed by atoms with E-state index in [1.165, 1.54) is 4.90 Å². The Morgan fingerprint density at radius 1 is 0.929 bits per heavy atom. The van der Waals surface area contributed by atoms with Crippen LogP contribution in [0.5, 0.6) is 0 Å². The molecule has 4 aliphatic heterocycles. The fraction of sp³-hybridized carbons (Fsp3) is 0.424. The van der Waals surface area contributed by atoms with Crippen LogP contribution >= 0.6 is 0 Å². The summed E-state index contributed by atoms with van der Waals surface area (Å²) < 4.78 is 6.67. The number of aliphatic hydroxyl groups excluding tert-OH is 1. The van der Waals surface area contributed by atoms with Crippen molar-refractivity contribution in [2.45, 2.75) is 38.1 Å². The van der Waals surface area contributed by atoms with Crippen molar-refractivity contribution < 1.29 is 24.2 Å². The minimum absolute atomic E-state index is 0.0193. The Balaban J connectivity index is 1.35. The second-order valence-electron chi connectivity index (χ2n) is 11.3. The number of fused-ring (bicyclic) bond motifs is 2. The Labute approximate surface area is 246 Å². The average molecular weight is 571 g/mol. The SMILES string of the molecule is CCN(CC)c1ccc(N2CC=C[C@]34O[C@@H]5C=CCN(Cc6ccccc6)C(=O)[C@@H]5[C@H]3C(=O)N(CCO)C4C2=O)cc1. The lowest BCUT2D eigenvalue weighted by molar-refractivity contribution is -0.145. The van der Waals surface area contributed by atoms with Gasteiger partial charge in [0.25, 0.3) is 5.91 Å². The van der Waals surface area contributed by atoms with E-state index in [1.807, 2.05) is 78.9 Å². The number of ether oxygens (including phenoxy) is 1. The second-order valence-corrected chi connectivity index (χ2v) is 11.3. The molecule has 3 amide bonds. The lowest BCUT2D eigenvalue weighted by Gasteiger charge is -2.35. The number of carbonyl (C=O) groups excluding carboxylic acids is 3. The molecule has 9 heteroatoms. The molecular formula is C33H38N4O5. The van der Waals surface area contributed by atoms with Gasteiger partial charge in [0.2, 0.25) is 11.8 Å². The predicted octanol–water partition coefficient (Wildman–Crippen LogP) is 2.61. The molecule has 6 rings (SSSR count). The maximum absolute atomic E-state index is 14.4. The highest BCUT2D eigenvalue weighted by Gasteiger charge is 2.71. The van der Waals surface area contributed by atoms with Crippen LogP contribution in [0.15, 0.2) is 78.9 Å². The van der Waals surface area contributed by atoms with Gasteiger partial charge in [0, 0.05) is 50.6 Å². The van der Waals surface area contributed by atoms with Crippen LogP contribution in [0.3, 0.4) is 0 Å². The van der Waals surface area contributed by atoms with Gasteiger partial charge in [-0.2, -0.15) is 0 Å². The van der Waals surface area contributed by atoms with Gasteiger partial charge in [-0.05, 0) is 43.7 Å². The molecule has 4 aliphatic rings. The van der Waals surface area contributed by atoms with Crippen LogP contribution in [0.4, 0.5) is 11.4 Å². The summed E-state index contributed by atoms with van der Waals surface area (Å²) in [5.41, 5.74) is 1.47. The van der Waals surface area contributed by atoms with E-state index in [0.29, 0.717) is 19.6 Å². The zero-order valence-electron chi connectivity index (χ0n) is 24.1. The van der Waals surface area contributed by atoms with Gasteiger partial charge in [0.15, 0.2) is 0 Å². The fourth-order valence-corrected chi connectivity index (χ4v) is 7.15. The Morgan fingerprint density at radius 3 is 2.36 bits per heavy atom. The van der Waals surface area contributed by atoms with Crippen LogP contribution in [0.25, 0.3) is 0 Å². The van der Waals surface area contributed by atoms with Crippen LogP contribution in [0.2, 0.25) is 0 Å². The summed E-state index contributed by atoms with van der Waals surface area (Å²) in [4.78, 5) is 49.7. The lowest BCUT2D eigenvalue weighted by Crippen LogP contribution is -2.55. The van der Waals surface area contributed by atoms with Gasteiger partial charge >= 0.3 is 0 Å². The lowest BCUT2D eigenvalue weighted by atomic mass is 9.77. The minimum Gasteiger partial charge on any atom is -0.395 e. The normalized spacial score (nSPS) is 28.5. The average Bonchev–Trinajstić information content (AvgIpc) is 3.31. The van der Waals surface area contributed by atoms with Gasteiger partial charge in [0.05, 0.1) is 24.5 Å². The van der Waals surface area contributed by atoms with E-state index in [9.17, 15) is 19.5 Å². The highest BCUT2D eigenvalue weighted by atomic mass is 16.5. The van der Waals surface area contributed by atoms with Gasteiger partial charge in [-0.1, -0.05) is 54.6 Å². The van der Waals surface area contributed by atoms with Gasteiger partial charge in [-0.15, -0.1) is 0 Å². The van der Waals surface area contributed by atoms with Gasteiger partial charge in [-0.3, -0.25) is 14.4 Å². The molecule has 0 aromatic heterocycles. The van der Waals surface area contributed by atoms with E-state index in [2.05, 4.69) is 18.7 Å². The Hall–Kier alpha value is -3.95. The topological polar surface area (TPSA) is 93.6 Å². The molecule has 1 N–H and O–H groups in total. The molecule has 42 heavy (non-hydrogen) atoms. The molecule has 5 atom stereocenters. The van der Waals surface area contributed by atoms with Crippen LogP contribution in [-0.4, -0.2) is 89.7 Å². The number of benzene rings is 2. The predicted molar refractivity (Wildman–Crippen MR) is 160 cm³/mol. The first kappa shape index (κ1) is 28.2. The number of hydrogen-bond donors (Lipinski definition) is 1. The van der Waals surface area contributed by atoms with Crippen molar-refractivity contribution in [2.24, 2.45) is 11.8 Å². The molecule has 1 unspecified atom stereocenters. The Morgan fingerprint density at radius 2 is 1.67 bits per heavy atom. The summed E-state index contributed by atoms with van der Waals surface area (Å²) in [6.07, 6.45) is 6.86. The van der Waals surface area contributed by atoms with E-state index < -0.39 is 29.6 Å². The fourth-order valence-electron chi connectivity index (χ4n) is 7.15. The molecule has 2 aromatic carbocycles. The molecule has 0 saturated carbocycles. The van der Waals surface area contributed by atoms with Crippen molar-refractivity contribution >= 4 is 29.1 Å². The van der Waals surface area contributed by atoms with E-state index in [-0.39, 0.29) is 30.9 Å². The van der Waals surface area contributed by atoms with Crippen LogP contribution in [0.1, 0.15) is 19.4 Å². The van der Waals surface area contributed by atoms with E-state index in [0.717, 1.165) is 30.0 Å². The van der Waals surface area contributed by atoms with Gasteiger partial charge in [0.1, 0.15) is 11.6 Å². The molecule has 0 bridgehead atoms. The van der Waals surface area contributed by atoms with Crippen molar-refractivity contribution in [1.29, 1.82) is 0 Å². The summed E-state index contributed by atoms with van der Waals surface area (Å²) in [5.74, 6) is -2.43. The Bertz CT molecular complexity index is 1390. The minimum atomic E-state index is -1.32. The monoisotopic (exact) mass is 570 g/mol. The molecule has 4 heterocycles. The molecule has 220 valence electrons.